The van der Waals surface area contributed by atoms with Crippen LogP contribution in [0.15, 0.2) is 66.7 Å². The Hall–Kier alpha value is -3.05. The van der Waals surface area contributed by atoms with Crippen LogP contribution in [0, 0.1) is 23.4 Å². The lowest BCUT2D eigenvalue weighted by atomic mass is 9.75. The van der Waals surface area contributed by atoms with E-state index in [1.807, 2.05) is 25.1 Å². The van der Waals surface area contributed by atoms with Crippen molar-refractivity contribution in [2.45, 2.75) is 103 Å². The Labute approximate surface area is 256 Å². The zero-order chi connectivity index (χ0) is 30.6. The van der Waals surface area contributed by atoms with E-state index in [9.17, 15) is 13.9 Å². The Morgan fingerprint density at radius 2 is 1.44 bits per heavy atom. The minimum Gasteiger partial charge on any atom is -0.486 e. The minimum absolute atomic E-state index is 0.119. The molecule has 1 saturated carbocycles. The molecule has 1 unspecified atom stereocenters. The molecular formula is C38H47F3O2. The highest BCUT2D eigenvalue weighted by atomic mass is 19.2. The molecular weight excluding hydrogens is 545 g/mol. The van der Waals surface area contributed by atoms with Crippen LogP contribution in [0.1, 0.15) is 102 Å². The Morgan fingerprint density at radius 3 is 2.14 bits per heavy atom. The zero-order valence-electron chi connectivity index (χ0n) is 25.8. The van der Waals surface area contributed by atoms with Gasteiger partial charge in [-0.2, -0.15) is 4.39 Å². The number of hydrogen-bond donors (Lipinski definition) is 1. The van der Waals surface area contributed by atoms with Crippen molar-refractivity contribution < 1.29 is 23.0 Å². The van der Waals surface area contributed by atoms with Gasteiger partial charge in [0, 0.05) is 5.56 Å². The fraction of sp³-hybridized carbons (Fsp3) is 0.474. The van der Waals surface area contributed by atoms with Crippen molar-refractivity contribution in [2.24, 2.45) is 5.92 Å². The lowest BCUT2D eigenvalue weighted by Crippen LogP contribution is -2.25. The van der Waals surface area contributed by atoms with Crippen molar-refractivity contribution in [2.75, 3.05) is 6.61 Å². The zero-order valence-corrected chi connectivity index (χ0v) is 25.8. The normalized spacial score (nSPS) is 17.8. The summed E-state index contributed by atoms with van der Waals surface area (Å²) in [6, 6.07) is 15.4. The van der Waals surface area contributed by atoms with Crippen LogP contribution in [0.2, 0.25) is 0 Å². The number of hydrogen-bond acceptors (Lipinski definition) is 2. The fourth-order valence-electron chi connectivity index (χ4n) is 6.30. The van der Waals surface area contributed by atoms with Gasteiger partial charge >= 0.3 is 0 Å². The van der Waals surface area contributed by atoms with Crippen LogP contribution < -0.4 is 4.74 Å². The van der Waals surface area contributed by atoms with E-state index in [-0.39, 0.29) is 35.8 Å². The van der Waals surface area contributed by atoms with E-state index < -0.39 is 11.6 Å². The molecule has 1 aliphatic carbocycles. The van der Waals surface area contributed by atoms with Crippen LogP contribution in [-0.4, -0.2) is 17.8 Å². The van der Waals surface area contributed by atoms with Crippen LogP contribution >= 0.6 is 0 Å². The maximum absolute atomic E-state index is 15.3. The van der Waals surface area contributed by atoms with Gasteiger partial charge in [0.05, 0.1) is 6.10 Å². The molecule has 0 aromatic heterocycles. The summed E-state index contributed by atoms with van der Waals surface area (Å²) in [6.45, 7) is 4.39. The molecule has 3 aromatic carbocycles. The molecule has 0 saturated heterocycles. The Balaban J connectivity index is 1.33. The number of ether oxygens (including phenoxy) is 1. The lowest BCUT2D eigenvalue weighted by Gasteiger charge is -2.32. The molecule has 1 fully saturated rings. The number of unbranched alkanes of at least 4 members (excludes halogenated alkanes) is 5. The summed E-state index contributed by atoms with van der Waals surface area (Å²) in [5.74, 6) is -1.81. The smallest absolute Gasteiger partial charge is 0.201 e. The third-order valence-electron chi connectivity index (χ3n) is 8.92. The average Bonchev–Trinajstić information content (AvgIpc) is 3.03. The van der Waals surface area contributed by atoms with Gasteiger partial charge in [0.25, 0.3) is 0 Å². The quantitative estimate of drug-likeness (QED) is 0.140. The first-order valence-electron chi connectivity index (χ1n) is 16.3. The Morgan fingerprint density at radius 1 is 0.767 bits per heavy atom. The predicted molar refractivity (Wildman–Crippen MR) is 171 cm³/mol. The first-order chi connectivity index (χ1) is 20.9. The second kappa shape index (κ2) is 16.7. The second-order valence-electron chi connectivity index (χ2n) is 12.0. The van der Waals surface area contributed by atoms with Crippen molar-refractivity contribution in [1.82, 2.24) is 0 Å². The maximum Gasteiger partial charge on any atom is 0.201 e. The van der Waals surface area contributed by atoms with Crippen LogP contribution in [0.25, 0.3) is 22.3 Å². The standard InChI is InChI=1S/C38H47F3O2/c1-3-5-7-8-9-10-12-35(42)30-19-17-28(18-20-30)32-22-21-31(26-34(32)39)27-13-15-29(16-14-27)33-23-24-36(38(41)37(33)40)43-25-11-6-4-2/h6,11,13-16,21-24,26,28,30,35,42H,3-5,7-10,12,17-20,25H2,1-2H3/b11-6+. The molecule has 5 heteroatoms. The summed E-state index contributed by atoms with van der Waals surface area (Å²) in [5.41, 5.74) is 2.97. The first kappa shape index (κ1) is 32.9. The van der Waals surface area contributed by atoms with Crippen LogP contribution in [-0.2, 0) is 0 Å². The molecule has 0 bridgehead atoms. The topological polar surface area (TPSA) is 29.5 Å². The third kappa shape index (κ3) is 8.98. The number of allylic oxidation sites excluding steroid dienone is 1. The Kier molecular flexibility index (Phi) is 12.8. The van der Waals surface area contributed by atoms with E-state index in [0.29, 0.717) is 11.5 Å². The summed E-state index contributed by atoms with van der Waals surface area (Å²) in [7, 11) is 0. The lowest BCUT2D eigenvalue weighted by molar-refractivity contribution is 0.0710. The summed E-state index contributed by atoms with van der Waals surface area (Å²) in [4.78, 5) is 0. The van der Waals surface area contributed by atoms with Crippen LogP contribution in [0.4, 0.5) is 13.2 Å². The molecule has 1 aliphatic rings. The SMILES string of the molecule is CC/C=C/COc1ccc(-c2ccc(-c3ccc(C4CCC(C(O)CCCCCCCC)CC4)c(F)c3)cc2)c(F)c1F. The predicted octanol–water partition coefficient (Wildman–Crippen LogP) is 11.2. The molecule has 4 rings (SSSR count). The van der Waals surface area contributed by atoms with Crippen molar-refractivity contribution in [3.05, 3.63) is 89.8 Å². The van der Waals surface area contributed by atoms with Gasteiger partial charge in [-0.1, -0.05) is 101 Å². The monoisotopic (exact) mass is 592 g/mol. The number of halogens is 3. The van der Waals surface area contributed by atoms with E-state index in [1.165, 1.54) is 44.2 Å². The van der Waals surface area contributed by atoms with Crippen molar-refractivity contribution >= 4 is 0 Å². The number of aliphatic hydroxyl groups excluding tert-OH is 1. The molecule has 1 N–H and O–H groups in total. The molecule has 0 heterocycles. The molecule has 2 nitrogen and oxygen atoms in total. The number of benzene rings is 3. The van der Waals surface area contributed by atoms with Crippen molar-refractivity contribution in [3.63, 3.8) is 0 Å². The van der Waals surface area contributed by atoms with Gasteiger partial charge in [0.2, 0.25) is 5.82 Å². The minimum atomic E-state index is -1.01. The van der Waals surface area contributed by atoms with E-state index in [4.69, 9.17) is 4.74 Å². The highest BCUT2D eigenvalue weighted by molar-refractivity contribution is 5.71. The number of rotatable bonds is 15. The molecule has 3 aromatic rings. The van der Waals surface area contributed by atoms with Crippen molar-refractivity contribution in [3.8, 4) is 28.0 Å². The molecule has 1 atom stereocenters. The van der Waals surface area contributed by atoms with Gasteiger partial charge in [-0.25, -0.2) is 8.78 Å². The third-order valence-corrected chi connectivity index (χ3v) is 8.92. The summed E-state index contributed by atoms with van der Waals surface area (Å²) >= 11 is 0. The summed E-state index contributed by atoms with van der Waals surface area (Å²) in [5, 5.41) is 10.7. The summed E-state index contributed by atoms with van der Waals surface area (Å²) < 4.78 is 50.1. The molecule has 0 aliphatic heterocycles. The molecule has 232 valence electrons. The van der Waals surface area contributed by atoms with E-state index >= 15 is 4.39 Å². The van der Waals surface area contributed by atoms with Gasteiger partial charge in [0.15, 0.2) is 11.6 Å². The van der Waals surface area contributed by atoms with E-state index in [2.05, 4.69) is 6.92 Å². The van der Waals surface area contributed by atoms with Crippen LogP contribution in [0.5, 0.6) is 5.75 Å². The van der Waals surface area contributed by atoms with E-state index in [0.717, 1.165) is 61.6 Å². The van der Waals surface area contributed by atoms with Gasteiger partial charge in [-0.15, -0.1) is 0 Å². The summed E-state index contributed by atoms with van der Waals surface area (Å²) in [6.07, 6.45) is 16.2. The molecule has 0 amide bonds. The van der Waals surface area contributed by atoms with Crippen molar-refractivity contribution in [1.29, 1.82) is 0 Å². The highest BCUT2D eigenvalue weighted by Crippen LogP contribution is 2.40. The van der Waals surface area contributed by atoms with E-state index in [1.54, 1.807) is 36.4 Å². The fourth-order valence-corrected chi connectivity index (χ4v) is 6.30. The van der Waals surface area contributed by atoms with Gasteiger partial charge in [0.1, 0.15) is 12.4 Å². The molecule has 43 heavy (non-hydrogen) atoms. The average molecular weight is 593 g/mol. The molecule has 0 spiro atoms. The maximum atomic E-state index is 15.3. The van der Waals surface area contributed by atoms with Crippen LogP contribution in [0.3, 0.4) is 0 Å². The highest BCUT2D eigenvalue weighted by Gasteiger charge is 2.28. The second-order valence-corrected chi connectivity index (χ2v) is 12.0. The van der Waals surface area contributed by atoms with Gasteiger partial charge in [-0.05, 0) is 90.8 Å². The molecule has 0 radical (unpaired) electrons. The first-order valence-corrected chi connectivity index (χ1v) is 16.3. The largest absolute Gasteiger partial charge is 0.486 e. The Bertz CT molecular complexity index is 1310. The number of aliphatic hydroxyl groups is 1. The van der Waals surface area contributed by atoms with Gasteiger partial charge < -0.3 is 9.84 Å². The van der Waals surface area contributed by atoms with Gasteiger partial charge in [-0.3, -0.25) is 0 Å².